The highest BCUT2D eigenvalue weighted by atomic mass is 35.5. The standard InChI is InChI=1S/C11H15ClN2O3S/c1-8(12)11(15)14-7-6-9-2-4-10(5-3-9)18(13,16)17/h2-5,8H,6-7H2,1H3,(H,14,15)(H2,13,16,17). The highest BCUT2D eigenvalue weighted by molar-refractivity contribution is 7.89. The Bertz CT molecular complexity index is 512. The maximum absolute atomic E-state index is 11.2. The first-order valence-corrected chi connectivity index (χ1v) is 7.32. The molecule has 0 aromatic heterocycles. The molecule has 0 aliphatic carbocycles. The number of hydrogen-bond acceptors (Lipinski definition) is 3. The number of rotatable bonds is 5. The SMILES string of the molecule is CC(Cl)C(=O)NCCc1ccc(S(N)(=O)=O)cc1. The highest BCUT2D eigenvalue weighted by Crippen LogP contribution is 2.08. The third-order valence-electron chi connectivity index (χ3n) is 2.33. The molecule has 0 bridgehead atoms. The third-order valence-corrected chi connectivity index (χ3v) is 3.45. The lowest BCUT2D eigenvalue weighted by molar-refractivity contribution is -0.120. The molecule has 0 spiro atoms. The summed E-state index contributed by atoms with van der Waals surface area (Å²) >= 11 is 5.59. The fourth-order valence-corrected chi connectivity index (χ4v) is 1.91. The number of hydrogen-bond donors (Lipinski definition) is 2. The topological polar surface area (TPSA) is 89.3 Å². The molecule has 18 heavy (non-hydrogen) atoms. The van der Waals surface area contributed by atoms with Crippen molar-refractivity contribution in [1.29, 1.82) is 0 Å². The van der Waals surface area contributed by atoms with Crippen molar-refractivity contribution in [3.05, 3.63) is 29.8 Å². The zero-order chi connectivity index (χ0) is 13.8. The second-order valence-corrected chi connectivity index (χ2v) is 6.06. The highest BCUT2D eigenvalue weighted by Gasteiger charge is 2.08. The van der Waals surface area contributed by atoms with Gasteiger partial charge < -0.3 is 5.32 Å². The Labute approximate surface area is 111 Å². The molecular weight excluding hydrogens is 276 g/mol. The van der Waals surface area contributed by atoms with Crippen molar-refractivity contribution in [2.75, 3.05) is 6.54 Å². The quantitative estimate of drug-likeness (QED) is 0.779. The van der Waals surface area contributed by atoms with E-state index in [1.165, 1.54) is 12.1 Å². The van der Waals surface area contributed by atoms with Crippen LogP contribution < -0.4 is 10.5 Å². The first-order chi connectivity index (χ1) is 8.30. The van der Waals surface area contributed by atoms with E-state index in [0.717, 1.165) is 5.56 Å². The number of sulfonamides is 1. The van der Waals surface area contributed by atoms with Gasteiger partial charge in [0.2, 0.25) is 15.9 Å². The molecule has 1 atom stereocenters. The van der Waals surface area contributed by atoms with Crippen LogP contribution in [0.15, 0.2) is 29.2 Å². The van der Waals surface area contributed by atoms with Gasteiger partial charge in [-0.15, -0.1) is 11.6 Å². The molecule has 7 heteroatoms. The molecule has 5 nitrogen and oxygen atoms in total. The number of amides is 1. The number of primary sulfonamides is 1. The van der Waals surface area contributed by atoms with Crippen LogP contribution in [-0.4, -0.2) is 26.2 Å². The van der Waals surface area contributed by atoms with Gasteiger partial charge in [-0.3, -0.25) is 4.79 Å². The van der Waals surface area contributed by atoms with Crippen molar-refractivity contribution in [2.24, 2.45) is 5.14 Å². The maximum Gasteiger partial charge on any atom is 0.238 e. The molecular formula is C11H15ClN2O3S. The first-order valence-electron chi connectivity index (χ1n) is 5.34. The first kappa shape index (κ1) is 14.9. The maximum atomic E-state index is 11.2. The smallest absolute Gasteiger partial charge is 0.238 e. The number of benzene rings is 1. The van der Waals surface area contributed by atoms with E-state index in [0.29, 0.717) is 13.0 Å². The summed E-state index contributed by atoms with van der Waals surface area (Å²) in [6.07, 6.45) is 0.597. The number of alkyl halides is 1. The predicted octanol–water partition coefficient (Wildman–Crippen LogP) is 0.620. The minimum absolute atomic E-state index is 0.0738. The lowest BCUT2D eigenvalue weighted by Gasteiger charge is -2.06. The summed E-state index contributed by atoms with van der Waals surface area (Å²) in [4.78, 5) is 11.3. The van der Waals surface area contributed by atoms with Crippen LogP contribution in [0.4, 0.5) is 0 Å². The number of nitrogens with one attached hydrogen (secondary N) is 1. The summed E-state index contributed by atoms with van der Waals surface area (Å²) in [6.45, 7) is 2.04. The van der Waals surface area contributed by atoms with E-state index in [1.54, 1.807) is 19.1 Å². The molecule has 0 aliphatic heterocycles. The molecule has 1 aromatic rings. The monoisotopic (exact) mass is 290 g/mol. The molecule has 1 rings (SSSR count). The number of halogens is 1. The minimum atomic E-state index is -3.65. The zero-order valence-corrected chi connectivity index (χ0v) is 11.5. The van der Waals surface area contributed by atoms with Gasteiger partial charge in [0.05, 0.1) is 4.90 Å². The summed E-state index contributed by atoms with van der Waals surface area (Å²) in [5.74, 6) is -0.224. The lowest BCUT2D eigenvalue weighted by Crippen LogP contribution is -2.31. The largest absolute Gasteiger partial charge is 0.354 e. The molecule has 0 aliphatic rings. The molecule has 0 fully saturated rings. The predicted molar refractivity (Wildman–Crippen MR) is 69.8 cm³/mol. The average molecular weight is 291 g/mol. The zero-order valence-electron chi connectivity index (χ0n) is 9.89. The van der Waals surface area contributed by atoms with Crippen LogP contribution in [0.3, 0.4) is 0 Å². The van der Waals surface area contributed by atoms with Crippen LogP contribution in [0.5, 0.6) is 0 Å². The van der Waals surface area contributed by atoms with Gasteiger partial charge in [-0.1, -0.05) is 12.1 Å². The number of carbonyl (C=O) groups is 1. The van der Waals surface area contributed by atoms with Gasteiger partial charge in [-0.25, -0.2) is 13.6 Å². The van der Waals surface area contributed by atoms with Crippen molar-refractivity contribution in [2.45, 2.75) is 23.6 Å². The van der Waals surface area contributed by atoms with Crippen molar-refractivity contribution < 1.29 is 13.2 Å². The molecule has 0 saturated heterocycles. The average Bonchev–Trinajstić information content (AvgIpc) is 2.28. The Kier molecular flexibility index (Phi) is 5.13. The van der Waals surface area contributed by atoms with Crippen molar-refractivity contribution in [1.82, 2.24) is 5.32 Å². The number of carbonyl (C=O) groups excluding carboxylic acids is 1. The van der Waals surface area contributed by atoms with E-state index in [2.05, 4.69) is 5.32 Å². The Hall–Kier alpha value is -1.11. The van der Waals surface area contributed by atoms with Gasteiger partial charge in [0.15, 0.2) is 0 Å². The Balaban J connectivity index is 2.53. The summed E-state index contributed by atoms with van der Waals surface area (Å²) in [7, 11) is -3.65. The van der Waals surface area contributed by atoms with Crippen LogP contribution in [0.1, 0.15) is 12.5 Å². The minimum Gasteiger partial charge on any atom is -0.354 e. The van der Waals surface area contributed by atoms with Gasteiger partial charge >= 0.3 is 0 Å². The van der Waals surface area contributed by atoms with E-state index >= 15 is 0 Å². The lowest BCUT2D eigenvalue weighted by atomic mass is 10.1. The second kappa shape index (κ2) is 6.17. The summed E-state index contributed by atoms with van der Waals surface area (Å²) in [6, 6.07) is 6.21. The fourth-order valence-electron chi connectivity index (χ4n) is 1.32. The van der Waals surface area contributed by atoms with Crippen LogP contribution in [0.25, 0.3) is 0 Å². The van der Waals surface area contributed by atoms with Crippen LogP contribution in [-0.2, 0) is 21.2 Å². The van der Waals surface area contributed by atoms with E-state index in [-0.39, 0.29) is 10.8 Å². The van der Waals surface area contributed by atoms with E-state index in [1.807, 2.05) is 0 Å². The molecule has 3 N–H and O–H groups in total. The van der Waals surface area contributed by atoms with Crippen LogP contribution >= 0.6 is 11.6 Å². The van der Waals surface area contributed by atoms with Crippen LogP contribution in [0, 0.1) is 0 Å². The Morgan fingerprint density at radius 2 is 1.94 bits per heavy atom. The van der Waals surface area contributed by atoms with Crippen molar-refractivity contribution in [3.63, 3.8) is 0 Å². The normalized spacial score (nSPS) is 13.1. The molecule has 1 aromatic carbocycles. The Morgan fingerprint density at radius 1 is 1.39 bits per heavy atom. The summed E-state index contributed by atoms with van der Waals surface area (Å²) in [5, 5.41) is 7.08. The van der Waals surface area contributed by atoms with E-state index in [9.17, 15) is 13.2 Å². The Morgan fingerprint density at radius 3 is 2.39 bits per heavy atom. The number of nitrogens with two attached hydrogens (primary N) is 1. The van der Waals surface area contributed by atoms with Gasteiger partial charge in [0.25, 0.3) is 0 Å². The molecule has 100 valence electrons. The summed E-state index contributed by atoms with van der Waals surface area (Å²) in [5.41, 5.74) is 0.907. The van der Waals surface area contributed by atoms with E-state index < -0.39 is 15.4 Å². The van der Waals surface area contributed by atoms with E-state index in [4.69, 9.17) is 16.7 Å². The van der Waals surface area contributed by atoms with Crippen molar-refractivity contribution >= 4 is 27.5 Å². The second-order valence-electron chi connectivity index (χ2n) is 3.85. The molecule has 1 amide bonds. The molecule has 0 heterocycles. The third kappa shape index (κ3) is 4.64. The molecule has 1 unspecified atom stereocenters. The van der Waals surface area contributed by atoms with Gasteiger partial charge in [0, 0.05) is 6.54 Å². The van der Waals surface area contributed by atoms with Crippen molar-refractivity contribution in [3.8, 4) is 0 Å². The fraction of sp³-hybridized carbons (Fsp3) is 0.364. The van der Waals surface area contributed by atoms with Crippen LogP contribution in [0.2, 0.25) is 0 Å². The molecule has 0 radical (unpaired) electrons. The molecule has 0 saturated carbocycles. The summed E-state index contributed by atoms with van der Waals surface area (Å²) < 4.78 is 22.1. The van der Waals surface area contributed by atoms with Gasteiger partial charge in [-0.2, -0.15) is 0 Å². The van der Waals surface area contributed by atoms with Gasteiger partial charge in [-0.05, 0) is 31.0 Å². The van der Waals surface area contributed by atoms with Gasteiger partial charge in [0.1, 0.15) is 5.38 Å².